The van der Waals surface area contributed by atoms with Gasteiger partial charge < -0.3 is 4.42 Å². The fourth-order valence-electron chi connectivity index (χ4n) is 7.31. The maximum Gasteiger partial charge on any atom is 0.164 e. The molecule has 0 spiro atoms. The number of hydrogen-bond donors (Lipinski definition) is 0. The zero-order valence-electron chi connectivity index (χ0n) is 27.3. The van der Waals surface area contributed by atoms with Crippen molar-refractivity contribution in [3.8, 4) is 45.3 Å². The van der Waals surface area contributed by atoms with Crippen LogP contribution in [0.1, 0.15) is 5.56 Å². The fraction of sp³-hybridized carbons (Fsp3) is 0.0217. The predicted octanol–water partition coefficient (Wildman–Crippen LogP) is 12.2. The zero-order valence-corrected chi connectivity index (χ0v) is 27.3. The van der Waals surface area contributed by atoms with E-state index in [0.717, 1.165) is 71.3 Å². The summed E-state index contributed by atoms with van der Waals surface area (Å²) in [7, 11) is 0. The SMILES string of the molecule is Cc1ccc2oc3cccc(-c4ccc(-c5nc(-c6ccc7ccccc7c6)nc(-c6ccc7ccccc7c6)n5)c5ccccc45)c3c2c1. The van der Waals surface area contributed by atoms with Crippen LogP contribution in [0.5, 0.6) is 0 Å². The van der Waals surface area contributed by atoms with Crippen LogP contribution in [0, 0.1) is 6.92 Å². The van der Waals surface area contributed by atoms with Gasteiger partial charge in [-0.1, -0.05) is 127 Å². The van der Waals surface area contributed by atoms with Crippen molar-refractivity contribution in [3.63, 3.8) is 0 Å². The van der Waals surface area contributed by atoms with Crippen LogP contribution < -0.4 is 0 Å². The van der Waals surface area contributed by atoms with Gasteiger partial charge in [-0.15, -0.1) is 0 Å². The summed E-state index contributed by atoms with van der Waals surface area (Å²) in [5, 5.41) is 9.10. The van der Waals surface area contributed by atoms with Crippen molar-refractivity contribution in [2.45, 2.75) is 6.92 Å². The van der Waals surface area contributed by atoms with Gasteiger partial charge in [-0.3, -0.25) is 0 Å². The Morgan fingerprint density at radius 2 is 0.960 bits per heavy atom. The summed E-state index contributed by atoms with van der Waals surface area (Å²) in [6.45, 7) is 2.12. The lowest BCUT2D eigenvalue weighted by molar-refractivity contribution is 0.669. The molecule has 0 amide bonds. The molecule has 0 bridgehead atoms. The van der Waals surface area contributed by atoms with E-state index in [1.54, 1.807) is 0 Å². The summed E-state index contributed by atoms with van der Waals surface area (Å²) in [4.78, 5) is 15.4. The normalized spacial score (nSPS) is 11.7. The van der Waals surface area contributed by atoms with Crippen LogP contribution in [0.15, 0.2) is 162 Å². The second kappa shape index (κ2) is 11.2. The Labute approximate surface area is 288 Å². The Morgan fingerprint density at radius 3 is 1.64 bits per heavy atom. The molecule has 2 aromatic heterocycles. The van der Waals surface area contributed by atoms with Crippen molar-refractivity contribution in [1.29, 1.82) is 0 Å². The molecule has 0 radical (unpaired) electrons. The Hall–Kier alpha value is -6.65. The van der Waals surface area contributed by atoms with E-state index in [1.165, 1.54) is 16.3 Å². The highest BCUT2D eigenvalue weighted by atomic mass is 16.3. The second-order valence-electron chi connectivity index (χ2n) is 12.9. The first-order valence-electron chi connectivity index (χ1n) is 16.9. The van der Waals surface area contributed by atoms with Gasteiger partial charge in [-0.05, 0) is 86.8 Å². The van der Waals surface area contributed by atoms with Crippen LogP contribution in [0.4, 0.5) is 0 Å². The van der Waals surface area contributed by atoms with Gasteiger partial charge in [0.25, 0.3) is 0 Å². The predicted molar refractivity (Wildman–Crippen MR) is 206 cm³/mol. The van der Waals surface area contributed by atoms with E-state index in [2.05, 4.69) is 165 Å². The van der Waals surface area contributed by atoms with Gasteiger partial charge in [-0.2, -0.15) is 0 Å². The quantitative estimate of drug-likeness (QED) is 0.192. The minimum absolute atomic E-state index is 0.636. The molecule has 0 saturated heterocycles. The van der Waals surface area contributed by atoms with Gasteiger partial charge in [0.2, 0.25) is 0 Å². The number of nitrogens with zero attached hydrogens (tertiary/aromatic N) is 3. The van der Waals surface area contributed by atoms with Crippen LogP contribution in [0.3, 0.4) is 0 Å². The Balaban J connectivity index is 1.20. The minimum Gasteiger partial charge on any atom is -0.456 e. The molecule has 10 rings (SSSR count). The van der Waals surface area contributed by atoms with Crippen molar-refractivity contribution >= 4 is 54.3 Å². The Morgan fingerprint density at radius 1 is 0.380 bits per heavy atom. The summed E-state index contributed by atoms with van der Waals surface area (Å²) >= 11 is 0. The van der Waals surface area contributed by atoms with Crippen LogP contribution in [0.2, 0.25) is 0 Å². The van der Waals surface area contributed by atoms with Crippen molar-refractivity contribution in [2.75, 3.05) is 0 Å². The lowest BCUT2D eigenvalue weighted by Crippen LogP contribution is -2.01. The highest BCUT2D eigenvalue weighted by molar-refractivity contribution is 6.16. The lowest BCUT2D eigenvalue weighted by Gasteiger charge is -2.14. The third-order valence-corrected chi connectivity index (χ3v) is 9.76. The largest absolute Gasteiger partial charge is 0.456 e. The van der Waals surface area contributed by atoms with Crippen molar-refractivity contribution in [1.82, 2.24) is 15.0 Å². The third-order valence-electron chi connectivity index (χ3n) is 9.76. The van der Waals surface area contributed by atoms with Gasteiger partial charge in [0.05, 0.1) is 0 Å². The van der Waals surface area contributed by atoms with Crippen molar-refractivity contribution in [2.24, 2.45) is 0 Å². The summed E-state index contributed by atoms with van der Waals surface area (Å²) in [5.41, 5.74) is 8.11. The van der Waals surface area contributed by atoms with Gasteiger partial charge in [0, 0.05) is 27.5 Å². The molecule has 0 unspecified atom stereocenters. The van der Waals surface area contributed by atoms with Gasteiger partial charge in [0.1, 0.15) is 11.2 Å². The third kappa shape index (κ3) is 4.65. The molecule has 4 nitrogen and oxygen atoms in total. The van der Waals surface area contributed by atoms with Gasteiger partial charge >= 0.3 is 0 Å². The number of furan rings is 1. The molecule has 0 N–H and O–H groups in total. The smallest absolute Gasteiger partial charge is 0.164 e. The average molecular weight is 640 g/mol. The first kappa shape index (κ1) is 28.4. The number of aryl methyl sites for hydroxylation is 1. The molecular formula is C46H29N3O. The average Bonchev–Trinajstić information content (AvgIpc) is 3.55. The summed E-state index contributed by atoms with van der Waals surface area (Å²) in [5.74, 6) is 1.92. The molecule has 234 valence electrons. The number of benzene rings is 8. The van der Waals surface area contributed by atoms with E-state index >= 15 is 0 Å². The first-order valence-corrected chi connectivity index (χ1v) is 16.9. The lowest BCUT2D eigenvalue weighted by atomic mass is 9.92. The number of fused-ring (bicyclic) bond motifs is 6. The Bertz CT molecular complexity index is 2860. The summed E-state index contributed by atoms with van der Waals surface area (Å²) in [6.07, 6.45) is 0. The molecule has 0 aliphatic carbocycles. The van der Waals surface area contributed by atoms with Gasteiger partial charge in [-0.25, -0.2) is 15.0 Å². The summed E-state index contributed by atoms with van der Waals surface area (Å²) in [6, 6.07) is 55.2. The molecule has 2 heterocycles. The Kier molecular flexibility index (Phi) is 6.36. The molecule has 0 atom stereocenters. The standard InChI is InChI=1S/C46H29N3O/c1-28-17-24-41-40(25-28)43-38(15-8-16-42(43)50-41)37-22-23-39(36-14-7-6-13-35(36)37)46-48-44(33-20-18-29-9-2-4-11-31(29)26-33)47-45(49-46)34-21-19-30-10-3-5-12-32(30)27-34/h2-27H,1H3. The second-order valence-corrected chi connectivity index (χ2v) is 12.9. The zero-order chi connectivity index (χ0) is 33.2. The van der Waals surface area contributed by atoms with Gasteiger partial charge in [0.15, 0.2) is 17.5 Å². The van der Waals surface area contributed by atoms with E-state index in [4.69, 9.17) is 19.4 Å². The number of hydrogen-bond acceptors (Lipinski definition) is 4. The molecule has 10 aromatic rings. The molecule has 8 aromatic carbocycles. The monoisotopic (exact) mass is 639 g/mol. The number of aromatic nitrogens is 3. The molecule has 0 saturated carbocycles. The first-order chi connectivity index (χ1) is 24.7. The maximum absolute atomic E-state index is 6.31. The van der Waals surface area contributed by atoms with E-state index in [0.29, 0.717) is 17.5 Å². The molecule has 0 aliphatic heterocycles. The van der Waals surface area contributed by atoms with Crippen LogP contribution in [-0.2, 0) is 0 Å². The molecule has 0 fully saturated rings. The molecule has 50 heavy (non-hydrogen) atoms. The van der Waals surface area contributed by atoms with Crippen molar-refractivity contribution in [3.05, 3.63) is 163 Å². The van der Waals surface area contributed by atoms with Crippen LogP contribution in [-0.4, -0.2) is 15.0 Å². The highest BCUT2D eigenvalue weighted by Crippen LogP contribution is 2.42. The van der Waals surface area contributed by atoms with Crippen LogP contribution >= 0.6 is 0 Å². The van der Waals surface area contributed by atoms with E-state index in [1.807, 2.05) is 0 Å². The fourth-order valence-corrected chi connectivity index (χ4v) is 7.31. The van der Waals surface area contributed by atoms with Crippen LogP contribution in [0.25, 0.3) is 99.5 Å². The van der Waals surface area contributed by atoms with E-state index in [9.17, 15) is 0 Å². The molecule has 4 heteroatoms. The minimum atomic E-state index is 0.636. The molecule has 0 aliphatic rings. The number of rotatable bonds is 4. The highest BCUT2D eigenvalue weighted by Gasteiger charge is 2.19. The van der Waals surface area contributed by atoms with E-state index < -0.39 is 0 Å². The maximum atomic E-state index is 6.31. The summed E-state index contributed by atoms with van der Waals surface area (Å²) < 4.78 is 6.31. The van der Waals surface area contributed by atoms with E-state index in [-0.39, 0.29) is 0 Å². The van der Waals surface area contributed by atoms with Crippen molar-refractivity contribution < 1.29 is 4.42 Å². The molecular weight excluding hydrogens is 611 g/mol. The topological polar surface area (TPSA) is 51.8 Å².